The lowest BCUT2D eigenvalue weighted by atomic mass is 9.49. The molecule has 0 aromatic carbocycles. The zero-order valence-corrected chi connectivity index (χ0v) is 13.3. The highest BCUT2D eigenvalue weighted by molar-refractivity contribution is 5.32. The van der Waals surface area contributed by atoms with Crippen molar-refractivity contribution in [3.05, 3.63) is 23.8 Å². The predicted octanol–water partition coefficient (Wildman–Crippen LogP) is 3.45. The van der Waals surface area contributed by atoms with Crippen LogP contribution >= 0.6 is 0 Å². The van der Waals surface area contributed by atoms with Crippen LogP contribution < -0.4 is 0 Å². The molecule has 0 heterocycles. The van der Waals surface area contributed by atoms with E-state index in [1.54, 1.807) is 0 Å². The lowest BCUT2D eigenvalue weighted by Crippen LogP contribution is -2.50. The maximum absolute atomic E-state index is 10.4. The summed E-state index contributed by atoms with van der Waals surface area (Å²) in [5, 5.41) is 20.4. The number of rotatable bonds is 0. The highest BCUT2D eigenvalue weighted by Gasteiger charge is 2.57. The summed E-state index contributed by atoms with van der Waals surface area (Å²) in [5.74, 6) is 2.10. The molecule has 4 aliphatic carbocycles. The van der Waals surface area contributed by atoms with Crippen molar-refractivity contribution in [1.29, 1.82) is 0 Å². The third kappa shape index (κ3) is 1.78. The second kappa shape index (κ2) is 4.45. The second-order valence-corrected chi connectivity index (χ2v) is 8.39. The molecular formula is C19H28O2. The summed E-state index contributed by atoms with van der Waals surface area (Å²) in [6.07, 6.45) is 12.9. The summed E-state index contributed by atoms with van der Waals surface area (Å²) >= 11 is 0. The average molecular weight is 288 g/mol. The van der Waals surface area contributed by atoms with Crippen LogP contribution in [0.2, 0.25) is 0 Å². The van der Waals surface area contributed by atoms with Crippen molar-refractivity contribution in [3.63, 3.8) is 0 Å². The topological polar surface area (TPSA) is 40.5 Å². The Kier molecular flexibility index (Phi) is 2.97. The van der Waals surface area contributed by atoms with E-state index in [2.05, 4.69) is 26.0 Å². The van der Waals surface area contributed by atoms with E-state index in [-0.39, 0.29) is 23.0 Å². The van der Waals surface area contributed by atoms with Crippen LogP contribution in [-0.2, 0) is 0 Å². The molecule has 21 heavy (non-hydrogen) atoms. The minimum atomic E-state index is -0.289. The van der Waals surface area contributed by atoms with E-state index in [9.17, 15) is 10.2 Å². The van der Waals surface area contributed by atoms with Crippen LogP contribution in [0, 0.1) is 28.6 Å². The van der Waals surface area contributed by atoms with Crippen molar-refractivity contribution < 1.29 is 10.2 Å². The van der Waals surface area contributed by atoms with Gasteiger partial charge in [0.15, 0.2) is 0 Å². The van der Waals surface area contributed by atoms with Crippen molar-refractivity contribution in [2.45, 2.75) is 64.6 Å². The summed E-state index contributed by atoms with van der Waals surface area (Å²) in [6.45, 7) is 4.71. The molecule has 0 amide bonds. The van der Waals surface area contributed by atoms with Crippen LogP contribution in [0.1, 0.15) is 52.4 Å². The monoisotopic (exact) mass is 288 g/mol. The van der Waals surface area contributed by atoms with Crippen LogP contribution in [0.5, 0.6) is 0 Å². The van der Waals surface area contributed by atoms with Crippen molar-refractivity contribution in [3.8, 4) is 0 Å². The normalized spacial score (nSPS) is 55.4. The van der Waals surface area contributed by atoms with Gasteiger partial charge in [-0.15, -0.1) is 0 Å². The Balaban J connectivity index is 1.71. The van der Waals surface area contributed by atoms with Gasteiger partial charge in [-0.05, 0) is 61.7 Å². The predicted molar refractivity (Wildman–Crippen MR) is 83.6 cm³/mol. The molecule has 4 aliphatic rings. The lowest BCUT2D eigenvalue weighted by molar-refractivity contribution is -0.0551. The van der Waals surface area contributed by atoms with Crippen molar-refractivity contribution in [2.75, 3.05) is 0 Å². The van der Waals surface area contributed by atoms with Gasteiger partial charge in [0.2, 0.25) is 0 Å². The van der Waals surface area contributed by atoms with Crippen LogP contribution in [0.25, 0.3) is 0 Å². The molecule has 3 unspecified atom stereocenters. The number of aliphatic hydroxyl groups excluding tert-OH is 2. The minimum absolute atomic E-state index is 0.0923. The number of fused-ring (bicyclic) bond motifs is 5. The smallest absolute Gasteiger partial charge is 0.0758 e. The summed E-state index contributed by atoms with van der Waals surface area (Å²) in [7, 11) is 0. The highest BCUT2D eigenvalue weighted by Crippen LogP contribution is 2.63. The van der Waals surface area contributed by atoms with Gasteiger partial charge in [-0.3, -0.25) is 0 Å². The van der Waals surface area contributed by atoms with Gasteiger partial charge in [0, 0.05) is 5.41 Å². The van der Waals surface area contributed by atoms with Crippen LogP contribution in [0.15, 0.2) is 23.8 Å². The third-order valence-electron chi connectivity index (χ3n) is 7.58. The van der Waals surface area contributed by atoms with E-state index in [1.807, 2.05) is 6.08 Å². The Morgan fingerprint density at radius 1 is 1.10 bits per heavy atom. The highest BCUT2D eigenvalue weighted by atomic mass is 16.3. The molecule has 0 spiro atoms. The summed E-state index contributed by atoms with van der Waals surface area (Å²) < 4.78 is 0. The maximum Gasteiger partial charge on any atom is 0.0758 e. The van der Waals surface area contributed by atoms with Gasteiger partial charge in [-0.25, -0.2) is 0 Å². The minimum Gasteiger partial charge on any atom is -0.393 e. The van der Waals surface area contributed by atoms with Gasteiger partial charge in [0.1, 0.15) is 0 Å². The number of allylic oxidation sites excluding steroid dienone is 2. The SMILES string of the molecule is C[C@]12C=C[C@@H](O)CC1=CCC1C2CC[C@@]2(C)C1CC[C@@H]2O. The Hall–Kier alpha value is -0.600. The Labute approximate surface area is 127 Å². The molecule has 2 saturated carbocycles. The number of hydrogen-bond donors (Lipinski definition) is 2. The quantitative estimate of drug-likeness (QED) is 0.670. The Morgan fingerprint density at radius 3 is 2.71 bits per heavy atom. The van der Waals surface area contributed by atoms with Crippen LogP contribution in [0.3, 0.4) is 0 Å². The Bertz CT molecular complexity index is 508. The molecule has 0 bridgehead atoms. The number of aliphatic hydroxyl groups is 2. The molecule has 2 heteroatoms. The molecule has 2 fully saturated rings. The second-order valence-electron chi connectivity index (χ2n) is 8.39. The van der Waals surface area contributed by atoms with Gasteiger partial charge in [-0.2, -0.15) is 0 Å². The first kappa shape index (κ1) is 14.0. The molecule has 0 saturated heterocycles. The standard InChI is InChI=1S/C19H28O2/c1-18-9-7-13(20)11-12(18)3-4-14-15-5-6-17(21)19(15,2)10-8-16(14)18/h3,7,9,13-17,20-21H,4-6,8,10-11H2,1-2H3/t13-,14?,15?,16?,17+,18+,19+/m1/s1. The molecule has 0 aromatic rings. The largest absolute Gasteiger partial charge is 0.393 e. The first-order valence-corrected chi connectivity index (χ1v) is 8.70. The van der Waals surface area contributed by atoms with Gasteiger partial charge >= 0.3 is 0 Å². The molecule has 2 nitrogen and oxygen atoms in total. The summed E-state index contributed by atoms with van der Waals surface area (Å²) in [5.41, 5.74) is 1.76. The van der Waals surface area contributed by atoms with E-state index in [0.717, 1.165) is 25.2 Å². The first-order chi connectivity index (χ1) is 9.95. The summed E-state index contributed by atoms with van der Waals surface area (Å²) in [4.78, 5) is 0. The van der Waals surface area contributed by atoms with Crippen molar-refractivity contribution in [1.82, 2.24) is 0 Å². The number of hydrogen-bond acceptors (Lipinski definition) is 2. The maximum atomic E-state index is 10.4. The first-order valence-electron chi connectivity index (χ1n) is 8.70. The molecule has 0 aromatic heterocycles. The fourth-order valence-electron chi connectivity index (χ4n) is 6.21. The lowest BCUT2D eigenvalue weighted by Gasteiger charge is -2.56. The molecule has 7 atom stereocenters. The van der Waals surface area contributed by atoms with Crippen LogP contribution in [0.4, 0.5) is 0 Å². The fourth-order valence-corrected chi connectivity index (χ4v) is 6.21. The van der Waals surface area contributed by atoms with Crippen LogP contribution in [-0.4, -0.2) is 22.4 Å². The fraction of sp³-hybridized carbons (Fsp3) is 0.789. The third-order valence-corrected chi connectivity index (χ3v) is 7.58. The Morgan fingerprint density at radius 2 is 1.90 bits per heavy atom. The van der Waals surface area contributed by atoms with Gasteiger partial charge < -0.3 is 10.2 Å². The molecule has 2 N–H and O–H groups in total. The van der Waals surface area contributed by atoms with E-state index >= 15 is 0 Å². The van der Waals surface area contributed by atoms with E-state index in [0.29, 0.717) is 11.8 Å². The van der Waals surface area contributed by atoms with Gasteiger partial charge in [0.25, 0.3) is 0 Å². The summed E-state index contributed by atoms with van der Waals surface area (Å²) in [6, 6.07) is 0. The zero-order chi connectivity index (χ0) is 14.8. The van der Waals surface area contributed by atoms with E-state index in [4.69, 9.17) is 0 Å². The van der Waals surface area contributed by atoms with E-state index < -0.39 is 0 Å². The molecule has 116 valence electrons. The van der Waals surface area contributed by atoms with Gasteiger partial charge in [0.05, 0.1) is 12.2 Å². The van der Waals surface area contributed by atoms with E-state index in [1.165, 1.54) is 24.8 Å². The van der Waals surface area contributed by atoms with Crippen molar-refractivity contribution in [2.24, 2.45) is 28.6 Å². The molecule has 0 aliphatic heterocycles. The molecular weight excluding hydrogens is 260 g/mol. The molecule has 0 radical (unpaired) electrons. The average Bonchev–Trinajstić information content (AvgIpc) is 2.76. The van der Waals surface area contributed by atoms with Crippen molar-refractivity contribution >= 4 is 0 Å². The molecule has 4 rings (SSSR count). The van der Waals surface area contributed by atoms with Gasteiger partial charge in [-0.1, -0.05) is 37.6 Å². The zero-order valence-electron chi connectivity index (χ0n) is 13.3.